The predicted octanol–water partition coefficient (Wildman–Crippen LogP) is 2.52. The van der Waals surface area contributed by atoms with Crippen LogP contribution in [0.25, 0.3) is 0 Å². The van der Waals surface area contributed by atoms with Crippen molar-refractivity contribution in [1.82, 2.24) is 5.32 Å². The maximum atomic E-state index is 11.7. The Morgan fingerprint density at radius 2 is 2.00 bits per heavy atom. The second-order valence-corrected chi connectivity index (χ2v) is 5.84. The van der Waals surface area contributed by atoms with E-state index < -0.39 is 18.1 Å². The third-order valence-electron chi connectivity index (χ3n) is 2.87. The number of thioether (sulfide) groups is 1. The van der Waals surface area contributed by atoms with Crippen LogP contribution >= 0.6 is 11.8 Å². The van der Waals surface area contributed by atoms with E-state index in [9.17, 15) is 9.59 Å². The van der Waals surface area contributed by atoms with Crippen molar-refractivity contribution in [2.24, 2.45) is 0 Å². The summed E-state index contributed by atoms with van der Waals surface area (Å²) >= 11 is 1.63. The molecule has 0 spiro atoms. The number of benzene rings is 1. The van der Waals surface area contributed by atoms with Crippen molar-refractivity contribution in [3.63, 3.8) is 0 Å². The Hall–Kier alpha value is -1.89. The van der Waals surface area contributed by atoms with Gasteiger partial charge < -0.3 is 19.9 Å². The number of carbonyl (C=O) groups is 2. The van der Waals surface area contributed by atoms with Gasteiger partial charge in [-0.25, -0.2) is 9.59 Å². The summed E-state index contributed by atoms with van der Waals surface area (Å²) in [4.78, 5) is 22.7. The molecule has 0 radical (unpaired) electrons. The summed E-state index contributed by atoms with van der Waals surface area (Å²) in [7, 11) is 1.57. The Bertz CT molecular complexity index is 477. The van der Waals surface area contributed by atoms with Gasteiger partial charge in [0, 0.05) is 0 Å². The summed E-state index contributed by atoms with van der Waals surface area (Å²) in [5.41, 5.74) is 0.796. The monoisotopic (exact) mass is 327 g/mol. The molecule has 0 fully saturated rings. The van der Waals surface area contributed by atoms with Crippen molar-refractivity contribution in [2.75, 3.05) is 18.6 Å². The van der Waals surface area contributed by atoms with Gasteiger partial charge in [0.25, 0.3) is 0 Å². The maximum absolute atomic E-state index is 11.7. The first-order chi connectivity index (χ1) is 10.6. The number of aliphatic carboxylic acids is 1. The standard InChI is InChI=1S/C15H21NO5S/c1-3-22-9-8-13(14(17)18)16-15(19)21-10-11-4-6-12(20-2)7-5-11/h4-7,13H,3,8-10H2,1-2H3,(H,16,19)(H,17,18)/t13-/m0/s1. The summed E-state index contributed by atoms with van der Waals surface area (Å²) in [5, 5.41) is 11.4. The summed E-state index contributed by atoms with van der Waals surface area (Å²) in [6, 6.07) is 6.15. The Labute approximate surface area is 134 Å². The van der Waals surface area contributed by atoms with Gasteiger partial charge in [0.2, 0.25) is 0 Å². The Balaban J connectivity index is 2.40. The number of hydrogen-bond acceptors (Lipinski definition) is 5. The molecule has 1 rings (SSSR count). The number of carboxylic acid groups (broad SMARTS) is 1. The summed E-state index contributed by atoms with van der Waals surface area (Å²) in [6.45, 7) is 2.07. The van der Waals surface area contributed by atoms with Crippen LogP contribution in [0.4, 0.5) is 4.79 Å². The number of methoxy groups -OCH3 is 1. The number of carbonyl (C=O) groups excluding carboxylic acids is 1. The molecule has 0 saturated heterocycles. The zero-order chi connectivity index (χ0) is 16.4. The number of rotatable bonds is 9. The van der Waals surface area contributed by atoms with Crippen molar-refractivity contribution in [1.29, 1.82) is 0 Å². The van der Waals surface area contributed by atoms with E-state index in [1.165, 1.54) is 0 Å². The highest BCUT2D eigenvalue weighted by Gasteiger charge is 2.20. The molecule has 0 aromatic heterocycles. The highest BCUT2D eigenvalue weighted by Crippen LogP contribution is 2.12. The third-order valence-corrected chi connectivity index (χ3v) is 3.81. The molecule has 0 heterocycles. The quantitative estimate of drug-likeness (QED) is 0.678. The molecule has 2 N–H and O–H groups in total. The molecule has 1 amide bonds. The number of nitrogens with one attached hydrogen (secondary N) is 1. The van der Waals surface area contributed by atoms with Crippen LogP contribution in [-0.4, -0.2) is 41.8 Å². The predicted molar refractivity (Wildman–Crippen MR) is 85.4 cm³/mol. The van der Waals surface area contributed by atoms with Crippen LogP contribution in [0.3, 0.4) is 0 Å². The van der Waals surface area contributed by atoms with Crippen LogP contribution in [0, 0.1) is 0 Å². The van der Waals surface area contributed by atoms with Gasteiger partial charge in [-0.3, -0.25) is 0 Å². The van der Waals surface area contributed by atoms with Gasteiger partial charge in [0.15, 0.2) is 0 Å². The van der Waals surface area contributed by atoms with Gasteiger partial charge >= 0.3 is 12.1 Å². The van der Waals surface area contributed by atoms with E-state index in [0.29, 0.717) is 17.9 Å². The van der Waals surface area contributed by atoms with Gasteiger partial charge in [-0.15, -0.1) is 0 Å². The molecule has 0 bridgehead atoms. The minimum absolute atomic E-state index is 0.0753. The molecule has 0 aliphatic rings. The van der Waals surface area contributed by atoms with E-state index in [4.69, 9.17) is 14.6 Å². The van der Waals surface area contributed by atoms with E-state index >= 15 is 0 Å². The minimum atomic E-state index is -1.06. The highest BCUT2D eigenvalue weighted by atomic mass is 32.2. The lowest BCUT2D eigenvalue weighted by molar-refractivity contribution is -0.139. The van der Waals surface area contributed by atoms with Gasteiger partial charge in [0.1, 0.15) is 18.4 Å². The maximum Gasteiger partial charge on any atom is 0.408 e. The molecule has 0 saturated carbocycles. The fourth-order valence-electron chi connectivity index (χ4n) is 1.66. The van der Waals surface area contributed by atoms with E-state index in [1.807, 2.05) is 6.92 Å². The van der Waals surface area contributed by atoms with Crippen LogP contribution in [0.5, 0.6) is 5.75 Å². The zero-order valence-corrected chi connectivity index (χ0v) is 13.5. The summed E-state index contributed by atoms with van der Waals surface area (Å²) in [6.07, 6.45) is -0.365. The molecule has 122 valence electrons. The first-order valence-electron chi connectivity index (χ1n) is 6.93. The third kappa shape index (κ3) is 6.71. The normalized spacial score (nSPS) is 11.5. The first-order valence-corrected chi connectivity index (χ1v) is 8.09. The lowest BCUT2D eigenvalue weighted by Gasteiger charge is -2.14. The van der Waals surface area contributed by atoms with Crippen LogP contribution in [-0.2, 0) is 16.1 Å². The fourth-order valence-corrected chi connectivity index (χ4v) is 2.35. The minimum Gasteiger partial charge on any atom is -0.497 e. The first kappa shape index (κ1) is 18.2. The van der Waals surface area contributed by atoms with Crippen LogP contribution < -0.4 is 10.1 Å². The Morgan fingerprint density at radius 3 is 2.55 bits per heavy atom. The molecule has 7 heteroatoms. The van der Waals surface area contributed by atoms with Crippen LogP contribution in [0.15, 0.2) is 24.3 Å². The molecule has 0 aliphatic carbocycles. The van der Waals surface area contributed by atoms with E-state index in [2.05, 4.69) is 5.32 Å². The second-order valence-electron chi connectivity index (χ2n) is 4.44. The number of hydrogen-bond donors (Lipinski definition) is 2. The Morgan fingerprint density at radius 1 is 1.32 bits per heavy atom. The van der Waals surface area contributed by atoms with Gasteiger partial charge in [-0.05, 0) is 35.6 Å². The average molecular weight is 327 g/mol. The molecule has 0 unspecified atom stereocenters. The molecular formula is C15H21NO5S. The van der Waals surface area contributed by atoms with Crippen LogP contribution in [0.2, 0.25) is 0 Å². The van der Waals surface area contributed by atoms with E-state index in [1.54, 1.807) is 43.1 Å². The molecule has 22 heavy (non-hydrogen) atoms. The van der Waals surface area contributed by atoms with Gasteiger partial charge in [0.05, 0.1) is 7.11 Å². The molecule has 0 aliphatic heterocycles. The van der Waals surface area contributed by atoms with E-state index in [-0.39, 0.29) is 6.61 Å². The van der Waals surface area contributed by atoms with E-state index in [0.717, 1.165) is 11.3 Å². The largest absolute Gasteiger partial charge is 0.497 e. The lowest BCUT2D eigenvalue weighted by Crippen LogP contribution is -2.41. The SMILES string of the molecule is CCSCC[C@H](NC(=O)OCc1ccc(OC)cc1)C(=O)O. The number of carboxylic acids is 1. The zero-order valence-electron chi connectivity index (χ0n) is 12.7. The number of alkyl carbamates (subject to hydrolysis) is 1. The van der Waals surface area contributed by atoms with Crippen molar-refractivity contribution >= 4 is 23.8 Å². The smallest absolute Gasteiger partial charge is 0.408 e. The summed E-state index contributed by atoms with van der Waals surface area (Å²) < 4.78 is 10.1. The molecule has 1 aromatic carbocycles. The molecule has 1 aromatic rings. The van der Waals surface area contributed by atoms with Crippen molar-refractivity contribution in [2.45, 2.75) is 26.0 Å². The average Bonchev–Trinajstić information content (AvgIpc) is 2.52. The van der Waals surface area contributed by atoms with Gasteiger partial charge in [-0.1, -0.05) is 19.1 Å². The Kier molecular flexibility index (Phi) is 8.21. The van der Waals surface area contributed by atoms with Crippen molar-refractivity contribution in [3.8, 4) is 5.75 Å². The van der Waals surface area contributed by atoms with Crippen molar-refractivity contribution in [3.05, 3.63) is 29.8 Å². The summed E-state index contributed by atoms with van der Waals surface area (Å²) in [5.74, 6) is 1.24. The molecular weight excluding hydrogens is 306 g/mol. The highest BCUT2D eigenvalue weighted by molar-refractivity contribution is 7.99. The topological polar surface area (TPSA) is 84.9 Å². The molecule has 1 atom stereocenters. The van der Waals surface area contributed by atoms with Gasteiger partial charge in [-0.2, -0.15) is 11.8 Å². The van der Waals surface area contributed by atoms with Crippen molar-refractivity contribution < 1.29 is 24.2 Å². The second kappa shape index (κ2) is 9.94. The van der Waals surface area contributed by atoms with Crippen LogP contribution in [0.1, 0.15) is 18.9 Å². The fraction of sp³-hybridized carbons (Fsp3) is 0.467. The molecule has 6 nitrogen and oxygen atoms in total. The number of ether oxygens (including phenoxy) is 2. The number of amides is 1. The lowest BCUT2D eigenvalue weighted by atomic mass is 10.2.